The number of sulfone groups is 1. The Bertz CT molecular complexity index is 1030. The molecule has 4 rings (SSSR count). The van der Waals surface area contributed by atoms with E-state index in [9.17, 15) is 8.42 Å². The number of rotatable bonds is 6. The van der Waals surface area contributed by atoms with Gasteiger partial charge in [-0.15, -0.1) is 31.7 Å². The Balaban J connectivity index is 1.43. The molecular weight excluding hydrogens is 406 g/mol. The van der Waals surface area contributed by atoms with Gasteiger partial charge in [0.25, 0.3) is 5.89 Å². The molecule has 3 aromatic heterocycles. The molecular formula is C16H19N5O3S3. The van der Waals surface area contributed by atoms with Crippen molar-refractivity contribution >= 4 is 32.9 Å². The van der Waals surface area contributed by atoms with Gasteiger partial charge in [0.1, 0.15) is 5.82 Å². The Morgan fingerprint density at radius 3 is 2.93 bits per heavy atom. The quantitative estimate of drug-likeness (QED) is 0.555. The number of aromatic nitrogens is 5. The second-order valence-electron chi connectivity index (χ2n) is 6.61. The molecule has 8 nitrogen and oxygen atoms in total. The number of nitrogens with zero attached hydrogens (tertiary/aromatic N) is 5. The third-order valence-electron chi connectivity index (χ3n) is 4.53. The minimum absolute atomic E-state index is 0.0752. The Hall–Kier alpha value is -1.72. The molecule has 4 heterocycles. The van der Waals surface area contributed by atoms with Crippen molar-refractivity contribution in [2.45, 2.75) is 30.2 Å². The lowest BCUT2D eigenvalue weighted by Crippen LogP contribution is -2.11. The summed E-state index contributed by atoms with van der Waals surface area (Å²) in [6.07, 6.45) is 1.32. The lowest BCUT2D eigenvalue weighted by atomic mass is 10.1. The zero-order valence-electron chi connectivity index (χ0n) is 14.9. The Morgan fingerprint density at radius 1 is 1.37 bits per heavy atom. The second kappa shape index (κ2) is 7.36. The summed E-state index contributed by atoms with van der Waals surface area (Å²) >= 11 is 3.04. The number of hydrogen-bond acceptors (Lipinski definition) is 9. The van der Waals surface area contributed by atoms with E-state index in [2.05, 4.69) is 20.4 Å². The van der Waals surface area contributed by atoms with Crippen molar-refractivity contribution in [2.24, 2.45) is 13.0 Å². The van der Waals surface area contributed by atoms with Gasteiger partial charge in [0.2, 0.25) is 5.89 Å². The summed E-state index contributed by atoms with van der Waals surface area (Å²) in [6.45, 7) is 1.98. The third-order valence-corrected chi connectivity index (χ3v) is 8.34. The van der Waals surface area contributed by atoms with Crippen molar-refractivity contribution in [3.63, 3.8) is 0 Å². The van der Waals surface area contributed by atoms with E-state index in [1.807, 2.05) is 36.1 Å². The van der Waals surface area contributed by atoms with Crippen molar-refractivity contribution in [1.82, 2.24) is 25.0 Å². The largest absolute Gasteiger partial charge is 0.419 e. The molecule has 1 fully saturated rings. The van der Waals surface area contributed by atoms with E-state index in [4.69, 9.17) is 4.42 Å². The van der Waals surface area contributed by atoms with E-state index in [1.54, 1.807) is 11.3 Å². The molecule has 0 amide bonds. The minimum Gasteiger partial charge on any atom is -0.419 e. The molecule has 1 aliphatic heterocycles. The maximum absolute atomic E-state index is 11.6. The highest BCUT2D eigenvalue weighted by Gasteiger charge is 2.29. The number of thiophene rings is 1. The molecule has 11 heteroatoms. The summed E-state index contributed by atoms with van der Waals surface area (Å²) in [6, 6.07) is 3.89. The first-order valence-corrected chi connectivity index (χ1v) is 12.1. The molecule has 27 heavy (non-hydrogen) atoms. The van der Waals surface area contributed by atoms with Crippen molar-refractivity contribution in [3.8, 4) is 10.8 Å². The summed E-state index contributed by atoms with van der Waals surface area (Å²) in [5, 5.41) is 19.4. The highest BCUT2D eigenvalue weighted by atomic mass is 32.2. The maximum Gasteiger partial charge on any atom is 0.257 e. The van der Waals surface area contributed by atoms with E-state index in [-0.39, 0.29) is 22.7 Å². The fraction of sp³-hybridized carbons (Fsp3) is 0.500. The smallest absolute Gasteiger partial charge is 0.257 e. The molecule has 2 atom stereocenters. The Labute approximate surface area is 165 Å². The van der Waals surface area contributed by atoms with Crippen LogP contribution in [0.5, 0.6) is 0 Å². The molecule has 2 unspecified atom stereocenters. The zero-order valence-corrected chi connectivity index (χ0v) is 17.4. The van der Waals surface area contributed by atoms with Crippen LogP contribution in [0.1, 0.15) is 30.3 Å². The van der Waals surface area contributed by atoms with E-state index in [1.165, 1.54) is 11.8 Å². The summed E-state index contributed by atoms with van der Waals surface area (Å²) in [7, 11) is -0.981. The third kappa shape index (κ3) is 4.09. The topological polar surface area (TPSA) is 104 Å². The average Bonchev–Trinajstić information content (AvgIpc) is 3.38. The van der Waals surface area contributed by atoms with Crippen LogP contribution in [0.15, 0.2) is 27.1 Å². The first-order valence-electron chi connectivity index (χ1n) is 8.54. The molecule has 0 saturated carbocycles. The van der Waals surface area contributed by atoms with Gasteiger partial charge in [0.15, 0.2) is 15.0 Å². The second-order valence-corrected chi connectivity index (χ2v) is 11.1. The van der Waals surface area contributed by atoms with Gasteiger partial charge in [-0.1, -0.05) is 17.8 Å². The normalized spacial score (nSPS) is 20.1. The van der Waals surface area contributed by atoms with Gasteiger partial charge in [-0.3, -0.25) is 0 Å². The van der Waals surface area contributed by atoms with Crippen molar-refractivity contribution < 1.29 is 12.8 Å². The number of hydrogen-bond donors (Lipinski definition) is 0. The minimum atomic E-state index is -2.88. The van der Waals surface area contributed by atoms with E-state index in [0.29, 0.717) is 24.6 Å². The molecule has 144 valence electrons. The lowest BCUT2D eigenvalue weighted by Gasteiger charge is -2.09. The SMILES string of the molecule is CC(Sc1nnc(CC2CCS(=O)(=O)C2)n1C)c1nnc(-c2cccs2)o1. The van der Waals surface area contributed by atoms with Crippen LogP contribution < -0.4 is 0 Å². The highest BCUT2D eigenvalue weighted by molar-refractivity contribution is 7.99. The molecule has 1 aliphatic rings. The van der Waals surface area contributed by atoms with Crippen LogP contribution in [-0.4, -0.2) is 44.9 Å². The summed E-state index contributed by atoms with van der Waals surface area (Å²) in [4.78, 5) is 0.943. The molecule has 0 bridgehead atoms. The molecule has 1 saturated heterocycles. The molecule has 0 aliphatic carbocycles. The van der Waals surface area contributed by atoms with E-state index >= 15 is 0 Å². The summed E-state index contributed by atoms with van der Waals surface area (Å²) in [5.41, 5.74) is 0. The van der Waals surface area contributed by atoms with Crippen LogP contribution in [-0.2, 0) is 23.3 Å². The van der Waals surface area contributed by atoms with Crippen LogP contribution in [0.4, 0.5) is 0 Å². The van der Waals surface area contributed by atoms with Crippen LogP contribution in [0, 0.1) is 5.92 Å². The molecule has 0 radical (unpaired) electrons. The van der Waals surface area contributed by atoms with Gasteiger partial charge in [-0.2, -0.15) is 0 Å². The van der Waals surface area contributed by atoms with Gasteiger partial charge in [-0.05, 0) is 30.7 Å². The monoisotopic (exact) mass is 425 g/mol. The standard InChI is InChI=1S/C16H19N5O3S3/c1-10(14-18-19-15(24-14)12-4-3-6-25-12)26-16-20-17-13(21(16)2)8-11-5-7-27(22,23)9-11/h3-4,6,10-11H,5,7-9H2,1-2H3. The molecule has 0 N–H and O–H groups in total. The van der Waals surface area contributed by atoms with Crippen molar-refractivity contribution in [2.75, 3.05) is 11.5 Å². The molecule has 3 aromatic rings. The Kier molecular flexibility index (Phi) is 5.08. The van der Waals surface area contributed by atoms with E-state index < -0.39 is 9.84 Å². The Morgan fingerprint density at radius 2 is 2.22 bits per heavy atom. The van der Waals surface area contributed by atoms with Gasteiger partial charge < -0.3 is 8.98 Å². The van der Waals surface area contributed by atoms with Gasteiger partial charge in [0, 0.05) is 13.5 Å². The van der Waals surface area contributed by atoms with Crippen LogP contribution in [0.2, 0.25) is 0 Å². The van der Waals surface area contributed by atoms with Gasteiger partial charge in [0.05, 0.1) is 21.6 Å². The number of thioether (sulfide) groups is 1. The van der Waals surface area contributed by atoms with E-state index in [0.717, 1.165) is 15.9 Å². The lowest BCUT2D eigenvalue weighted by molar-refractivity contribution is 0.509. The zero-order chi connectivity index (χ0) is 19.0. The predicted octanol–water partition coefficient (Wildman–Crippen LogP) is 2.76. The molecule has 0 aromatic carbocycles. The van der Waals surface area contributed by atoms with Crippen LogP contribution >= 0.6 is 23.1 Å². The summed E-state index contributed by atoms with van der Waals surface area (Å²) in [5.74, 6) is 2.50. The van der Waals surface area contributed by atoms with Crippen LogP contribution in [0.25, 0.3) is 10.8 Å². The predicted molar refractivity (Wildman–Crippen MR) is 103 cm³/mol. The fourth-order valence-electron chi connectivity index (χ4n) is 3.02. The highest BCUT2D eigenvalue weighted by Crippen LogP contribution is 2.35. The van der Waals surface area contributed by atoms with Crippen molar-refractivity contribution in [1.29, 1.82) is 0 Å². The maximum atomic E-state index is 11.6. The first-order chi connectivity index (χ1) is 12.9. The van der Waals surface area contributed by atoms with Crippen LogP contribution in [0.3, 0.4) is 0 Å². The van der Waals surface area contributed by atoms with Gasteiger partial charge in [-0.25, -0.2) is 8.42 Å². The van der Waals surface area contributed by atoms with Gasteiger partial charge >= 0.3 is 0 Å². The van der Waals surface area contributed by atoms with Crippen molar-refractivity contribution in [3.05, 3.63) is 29.2 Å². The average molecular weight is 426 g/mol. The molecule has 0 spiro atoms. The first kappa shape index (κ1) is 18.6. The summed E-state index contributed by atoms with van der Waals surface area (Å²) < 4.78 is 31.0. The fourth-order valence-corrected chi connectivity index (χ4v) is 6.39.